The summed E-state index contributed by atoms with van der Waals surface area (Å²) in [6.07, 6.45) is 14.0. The highest BCUT2D eigenvalue weighted by Gasteiger charge is 2.35. The Balaban J connectivity index is 0.000000281. The number of ether oxygens (including phenoxy) is 3. The average molecular weight is 608 g/mol. The number of rotatable bonds is 9. The first-order valence-corrected chi connectivity index (χ1v) is 16.3. The monoisotopic (exact) mass is 607 g/mol. The molecule has 0 unspecified atom stereocenters. The molecule has 1 N–H and O–H groups in total. The maximum atomic E-state index is 12.7. The lowest BCUT2D eigenvalue weighted by Crippen LogP contribution is -2.45. The normalized spacial score (nSPS) is 18.9. The van der Waals surface area contributed by atoms with Crippen LogP contribution in [0.4, 0.5) is 9.59 Å². The number of amides is 2. The van der Waals surface area contributed by atoms with Gasteiger partial charge in [-0.1, -0.05) is 99.2 Å². The van der Waals surface area contributed by atoms with Crippen molar-refractivity contribution in [3.05, 3.63) is 71.8 Å². The molecular weight excluding hydrogens is 558 g/mol. The van der Waals surface area contributed by atoms with E-state index in [0.29, 0.717) is 13.0 Å². The number of methoxy groups -OCH3 is 1. The largest absolute Gasteiger partial charge is 0.468 e. The number of nitrogens with zero attached hydrogens (tertiary/aromatic N) is 2. The number of likely N-dealkylation sites (tertiary alicyclic amines) is 1. The van der Waals surface area contributed by atoms with Gasteiger partial charge < -0.3 is 24.4 Å². The Morgan fingerprint density at radius 2 is 1.27 bits per heavy atom. The van der Waals surface area contributed by atoms with E-state index in [1.54, 1.807) is 0 Å². The highest BCUT2D eigenvalue weighted by molar-refractivity contribution is 5.78. The van der Waals surface area contributed by atoms with Gasteiger partial charge in [-0.05, 0) is 43.2 Å². The molecule has 0 radical (unpaired) electrons. The highest BCUT2D eigenvalue weighted by atomic mass is 16.6. The molecule has 0 spiro atoms. The van der Waals surface area contributed by atoms with Crippen LogP contribution in [0.2, 0.25) is 0 Å². The molecule has 3 aliphatic rings. The molecule has 5 rings (SSSR count). The van der Waals surface area contributed by atoms with Crippen molar-refractivity contribution in [2.75, 3.05) is 26.7 Å². The van der Waals surface area contributed by atoms with E-state index in [9.17, 15) is 14.4 Å². The van der Waals surface area contributed by atoms with Crippen molar-refractivity contribution in [1.82, 2.24) is 15.1 Å². The van der Waals surface area contributed by atoms with Gasteiger partial charge in [0.05, 0.1) is 13.2 Å². The topological polar surface area (TPSA) is 97.4 Å². The molecule has 2 aromatic rings. The first-order chi connectivity index (χ1) is 21.5. The third-order valence-electron chi connectivity index (χ3n) is 8.72. The third kappa shape index (κ3) is 11.2. The predicted molar refractivity (Wildman–Crippen MR) is 169 cm³/mol. The van der Waals surface area contributed by atoms with Crippen LogP contribution in [0, 0.1) is 0 Å². The second-order valence-corrected chi connectivity index (χ2v) is 12.0. The minimum Gasteiger partial charge on any atom is -0.468 e. The van der Waals surface area contributed by atoms with Gasteiger partial charge in [-0.3, -0.25) is 9.69 Å². The third-order valence-corrected chi connectivity index (χ3v) is 8.72. The minimum absolute atomic E-state index is 0.0902. The van der Waals surface area contributed by atoms with Crippen molar-refractivity contribution in [3.8, 4) is 0 Å². The number of nitrogens with one attached hydrogen (secondary N) is 1. The fourth-order valence-electron chi connectivity index (χ4n) is 6.19. The van der Waals surface area contributed by atoms with E-state index >= 15 is 0 Å². The first kappa shape index (κ1) is 33.3. The second kappa shape index (κ2) is 18.3. The summed E-state index contributed by atoms with van der Waals surface area (Å²) >= 11 is 0. The number of carbonyl (C=O) groups is 3. The molecule has 9 nitrogen and oxygen atoms in total. The van der Waals surface area contributed by atoms with Crippen molar-refractivity contribution in [2.24, 2.45) is 0 Å². The Bertz CT molecular complexity index is 1120. The van der Waals surface area contributed by atoms with E-state index in [2.05, 4.69) is 5.32 Å². The second-order valence-electron chi connectivity index (χ2n) is 12.0. The van der Waals surface area contributed by atoms with Crippen LogP contribution in [0.15, 0.2) is 60.7 Å². The lowest BCUT2D eigenvalue weighted by atomic mass is 9.91. The van der Waals surface area contributed by atoms with Crippen molar-refractivity contribution >= 4 is 18.2 Å². The van der Waals surface area contributed by atoms with Gasteiger partial charge in [-0.25, -0.2) is 9.59 Å². The van der Waals surface area contributed by atoms with Gasteiger partial charge in [0.1, 0.15) is 19.8 Å². The van der Waals surface area contributed by atoms with Gasteiger partial charge >= 0.3 is 18.2 Å². The molecule has 44 heavy (non-hydrogen) atoms. The molecular formula is C35H49N3O6. The molecule has 2 aromatic carbocycles. The zero-order chi connectivity index (χ0) is 31.0. The van der Waals surface area contributed by atoms with E-state index in [1.165, 1.54) is 81.1 Å². The molecule has 240 valence electrons. The Labute approximate surface area is 262 Å². The van der Waals surface area contributed by atoms with Gasteiger partial charge in [0.2, 0.25) is 0 Å². The van der Waals surface area contributed by atoms with Crippen LogP contribution in [0.1, 0.15) is 81.8 Å². The highest BCUT2D eigenvalue weighted by Crippen LogP contribution is 2.23. The summed E-state index contributed by atoms with van der Waals surface area (Å²) in [6.45, 7) is 0.688. The van der Waals surface area contributed by atoms with Crippen LogP contribution in [-0.4, -0.2) is 72.8 Å². The molecule has 3 fully saturated rings. The van der Waals surface area contributed by atoms with Crippen LogP contribution < -0.4 is 5.32 Å². The predicted octanol–water partition coefficient (Wildman–Crippen LogP) is 6.45. The van der Waals surface area contributed by atoms with E-state index in [-0.39, 0.29) is 32.3 Å². The van der Waals surface area contributed by atoms with Crippen molar-refractivity contribution in [1.29, 1.82) is 0 Å². The fraction of sp³-hybridized carbons (Fsp3) is 0.571. The zero-order valence-corrected chi connectivity index (χ0v) is 26.2. The molecule has 1 heterocycles. The number of hydrogen-bond donors (Lipinski definition) is 1. The summed E-state index contributed by atoms with van der Waals surface area (Å²) in [4.78, 5) is 39.8. The summed E-state index contributed by atoms with van der Waals surface area (Å²) in [5, 5.41) is 3.86. The van der Waals surface area contributed by atoms with E-state index in [0.717, 1.165) is 23.2 Å². The molecule has 0 bridgehead atoms. The van der Waals surface area contributed by atoms with E-state index in [4.69, 9.17) is 14.2 Å². The Morgan fingerprint density at radius 1 is 0.750 bits per heavy atom. The maximum Gasteiger partial charge on any atom is 0.410 e. The number of benzene rings is 2. The molecule has 9 heteroatoms. The molecule has 1 aliphatic heterocycles. The van der Waals surface area contributed by atoms with Crippen LogP contribution in [0.5, 0.6) is 0 Å². The summed E-state index contributed by atoms with van der Waals surface area (Å²) in [7, 11) is 1.26. The molecule has 2 amide bonds. The van der Waals surface area contributed by atoms with Gasteiger partial charge in [0.25, 0.3) is 0 Å². The van der Waals surface area contributed by atoms with Crippen LogP contribution in [-0.2, 0) is 32.2 Å². The lowest BCUT2D eigenvalue weighted by molar-refractivity contribution is -0.142. The standard InChI is InChI=1S/C23H26N2O6.C12H23N/c1-29-21(26)15-25(23(28)31-17-19-10-6-3-7-11-19)20-12-13-24(14-20)22(27)30-16-18-8-4-2-5-9-18;1-3-7-11(8-4-1)13-12-9-5-2-6-10-12/h2-11,20H,12-17H2,1H3;11-13H,1-10H2/t20-;/m1./s1. The van der Waals surface area contributed by atoms with Gasteiger partial charge in [0.15, 0.2) is 0 Å². The van der Waals surface area contributed by atoms with Gasteiger partial charge in [0, 0.05) is 25.2 Å². The minimum atomic E-state index is -0.626. The van der Waals surface area contributed by atoms with Crippen LogP contribution in [0.25, 0.3) is 0 Å². The quantitative estimate of drug-likeness (QED) is 0.258. The summed E-state index contributed by atoms with van der Waals surface area (Å²) in [5.74, 6) is -0.554. The smallest absolute Gasteiger partial charge is 0.410 e. The number of esters is 1. The average Bonchev–Trinajstić information content (AvgIpc) is 3.57. The molecule has 1 saturated heterocycles. The SMILES string of the molecule is C1CCC(NC2CCCCC2)CC1.COC(=O)CN(C(=O)OCc1ccccc1)[C@@H]1CCN(C(=O)OCc2ccccc2)C1. The van der Waals surface area contributed by atoms with Crippen molar-refractivity contribution in [3.63, 3.8) is 0 Å². The summed E-state index contributed by atoms with van der Waals surface area (Å²) in [6, 6.07) is 20.0. The molecule has 2 aliphatic carbocycles. The maximum absolute atomic E-state index is 12.7. The Hall–Kier alpha value is -3.59. The van der Waals surface area contributed by atoms with Gasteiger partial charge in [-0.2, -0.15) is 0 Å². The molecule has 2 saturated carbocycles. The van der Waals surface area contributed by atoms with E-state index in [1.807, 2.05) is 60.7 Å². The molecule has 1 atom stereocenters. The summed E-state index contributed by atoms with van der Waals surface area (Å²) < 4.78 is 15.5. The molecule has 0 aromatic heterocycles. The zero-order valence-electron chi connectivity index (χ0n) is 26.2. The van der Waals surface area contributed by atoms with Crippen LogP contribution in [0.3, 0.4) is 0 Å². The fourth-order valence-corrected chi connectivity index (χ4v) is 6.19. The first-order valence-electron chi connectivity index (χ1n) is 16.3. The van der Waals surface area contributed by atoms with E-state index < -0.39 is 18.2 Å². The van der Waals surface area contributed by atoms with Gasteiger partial charge in [-0.15, -0.1) is 0 Å². The van der Waals surface area contributed by atoms with Crippen molar-refractivity contribution in [2.45, 2.75) is 102 Å². The Kier molecular flexibility index (Phi) is 13.8. The summed E-state index contributed by atoms with van der Waals surface area (Å²) in [5.41, 5.74) is 1.73. The number of hydrogen-bond acceptors (Lipinski definition) is 7. The van der Waals surface area contributed by atoms with Crippen LogP contribution >= 0.6 is 0 Å². The lowest BCUT2D eigenvalue weighted by Gasteiger charge is -2.30. The number of carbonyl (C=O) groups excluding carboxylic acids is 3. The van der Waals surface area contributed by atoms with Crippen molar-refractivity contribution < 1.29 is 28.6 Å². The Morgan fingerprint density at radius 3 is 1.80 bits per heavy atom.